The maximum absolute atomic E-state index is 12.9. The highest BCUT2D eigenvalue weighted by Gasteiger charge is 2.42. The Balaban J connectivity index is 2.97. The van der Waals surface area contributed by atoms with Gasteiger partial charge in [-0.3, -0.25) is 9.36 Å². The second-order valence-electron chi connectivity index (χ2n) is 5.14. The number of anilines is 1. The Morgan fingerprint density at radius 1 is 1.16 bits per heavy atom. The Labute approximate surface area is 148 Å². The minimum absolute atomic E-state index is 0.0777. The number of nitrogens with one attached hydrogen (secondary N) is 3. The molecule has 0 aromatic heterocycles. The second-order valence-corrected chi connectivity index (χ2v) is 7.25. The lowest BCUT2D eigenvalue weighted by Gasteiger charge is -2.26. The number of aryl methyl sites for hydroxylation is 1. The summed E-state index contributed by atoms with van der Waals surface area (Å²) in [6, 6.07) is 6.47. The predicted octanol–water partition coefficient (Wildman–Crippen LogP) is 2.84. The molecular formula is C16H26N3O5P. The molecule has 0 radical (unpaired) electrons. The minimum atomic E-state index is -3.87. The van der Waals surface area contributed by atoms with Crippen LogP contribution >= 0.6 is 7.60 Å². The van der Waals surface area contributed by atoms with Crippen LogP contribution in [0.25, 0.3) is 0 Å². The first kappa shape index (κ1) is 21.2. The van der Waals surface area contributed by atoms with Gasteiger partial charge in [0.1, 0.15) is 0 Å². The number of hydrogen-bond donors (Lipinski definition) is 3. The van der Waals surface area contributed by atoms with Crippen LogP contribution in [0.5, 0.6) is 0 Å². The summed E-state index contributed by atoms with van der Waals surface area (Å²) in [6.07, 6.45) is 0. The zero-order valence-electron chi connectivity index (χ0n) is 15.0. The third-order valence-electron chi connectivity index (χ3n) is 3.08. The molecule has 0 unspecified atom stereocenters. The first-order valence-electron chi connectivity index (χ1n) is 8.17. The number of benzene rings is 1. The monoisotopic (exact) mass is 371 g/mol. The number of hydrogen-bond acceptors (Lipinski definition) is 5. The van der Waals surface area contributed by atoms with Crippen LogP contribution in [0, 0.1) is 6.92 Å². The topological polar surface area (TPSA) is 106 Å². The first-order valence-corrected chi connectivity index (χ1v) is 9.78. The van der Waals surface area contributed by atoms with E-state index in [0.717, 1.165) is 5.56 Å². The highest BCUT2D eigenvalue weighted by molar-refractivity contribution is 7.55. The van der Waals surface area contributed by atoms with Gasteiger partial charge in [-0.05, 0) is 45.4 Å². The third kappa shape index (κ3) is 6.49. The lowest BCUT2D eigenvalue weighted by Crippen LogP contribution is -2.48. The zero-order valence-corrected chi connectivity index (χ0v) is 15.9. The molecule has 3 amide bonds. The first-order chi connectivity index (χ1) is 11.9. The van der Waals surface area contributed by atoms with Crippen molar-refractivity contribution in [3.8, 4) is 0 Å². The molecule has 1 rings (SSSR count). The Hall–Kier alpha value is -1.89. The van der Waals surface area contributed by atoms with Crippen molar-refractivity contribution in [1.29, 1.82) is 0 Å². The van der Waals surface area contributed by atoms with Crippen molar-refractivity contribution in [3.05, 3.63) is 29.8 Å². The molecule has 1 aromatic rings. The lowest BCUT2D eigenvalue weighted by atomic mass is 10.2. The molecule has 0 fully saturated rings. The van der Waals surface area contributed by atoms with E-state index in [-0.39, 0.29) is 13.2 Å². The molecular weight excluding hydrogens is 345 g/mol. The van der Waals surface area contributed by atoms with Gasteiger partial charge in [0.2, 0.25) is 5.78 Å². The van der Waals surface area contributed by atoms with E-state index in [0.29, 0.717) is 12.2 Å². The van der Waals surface area contributed by atoms with Crippen LogP contribution in [0.3, 0.4) is 0 Å². The second kappa shape index (κ2) is 10.2. The Morgan fingerprint density at radius 3 is 2.32 bits per heavy atom. The number of carbonyl (C=O) groups is 2. The summed E-state index contributed by atoms with van der Waals surface area (Å²) in [4.78, 5) is 24.6. The fourth-order valence-electron chi connectivity index (χ4n) is 2.12. The van der Waals surface area contributed by atoms with Gasteiger partial charge in [-0.1, -0.05) is 12.1 Å². The van der Waals surface area contributed by atoms with Gasteiger partial charge in [0, 0.05) is 12.2 Å². The molecule has 0 saturated heterocycles. The molecule has 140 valence electrons. The van der Waals surface area contributed by atoms with Gasteiger partial charge in [-0.15, -0.1) is 0 Å². The van der Waals surface area contributed by atoms with Gasteiger partial charge >= 0.3 is 13.6 Å². The number of amides is 3. The quantitative estimate of drug-likeness (QED) is 0.579. The van der Waals surface area contributed by atoms with Crippen LogP contribution in [0.1, 0.15) is 26.3 Å². The van der Waals surface area contributed by atoms with Crippen molar-refractivity contribution in [2.45, 2.75) is 33.5 Å². The van der Waals surface area contributed by atoms with Gasteiger partial charge < -0.3 is 25.0 Å². The summed E-state index contributed by atoms with van der Waals surface area (Å²) in [5, 5.41) is 7.54. The van der Waals surface area contributed by atoms with Crippen LogP contribution in [-0.2, 0) is 18.4 Å². The van der Waals surface area contributed by atoms with Crippen LogP contribution in [-0.4, -0.2) is 37.5 Å². The van der Waals surface area contributed by atoms with Crippen LogP contribution in [0.4, 0.5) is 10.5 Å². The molecule has 1 atom stereocenters. The van der Waals surface area contributed by atoms with E-state index < -0.39 is 25.3 Å². The van der Waals surface area contributed by atoms with Crippen molar-refractivity contribution < 1.29 is 23.2 Å². The number of carbonyl (C=O) groups excluding carboxylic acids is 2. The van der Waals surface area contributed by atoms with E-state index in [2.05, 4.69) is 16.0 Å². The van der Waals surface area contributed by atoms with Crippen molar-refractivity contribution in [2.75, 3.05) is 25.1 Å². The maximum atomic E-state index is 12.9. The Bertz CT molecular complexity index is 628. The van der Waals surface area contributed by atoms with Gasteiger partial charge in [-0.2, -0.15) is 0 Å². The van der Waals surface area contributed by atoms with Crippen molar-refractivity contribution >= 4 is 25.2 Å². The van der Waals surface area contributed by atoms with E-state index >= 15 is 0 Å². The van der Waals surface area contributed by atoms with Crippen molar-refractivity contribution in [3.63, 3.8) is 0 Å². The summed E-state index contributed by atoms with van der Waals surface area (Å²) < 4.78 is 23.3. The number of likely N-dealkylation sites (N-methyl/N-ethyl adjacent to an activating group) is 1. The standard InChI is InChI=1S/C16H26N3O5P/c1-5-17-14(20)15(25(22,23-6-2)24-7-3)19-16(21)18-13-10-8-9-12(4)11-13/h8-11,15H,5-7H2,1-4H3,(H,17,20)(H2,18,19,21)/t15-/m1/s1. The largest absolute Gasteiger partial charge is 0.362 e. The molecule has 0 saturated carbocycles. The normalized spacial score (nSPS) is 12.3. The Kier molecular flexibility index (Phi) is 8.61. The average molecular weight is 371 g/mol. The summed E-state index contributed by atoms with van der Waals surface area (Å²) >= 11 is 0. The number of urea groups is 1. The number of rotatable bonds is 9. The fraction of sp³-hybridized carbons (Fsp3) is 0.500. The molecule has 0 bridgehead atoms. The zero-order chi connectivity index (χ0) is 18.9. The summed E-state index contributed by atoms with van der Waals surface area (Å²) in [6.45, 7) is 7.34. The predicted molar refractivity (Wildman–Crippen MR) is 96.7 cm³/mol. The molecule has 9 heteroatoms. The Morgan fingerprint density at radius 2 is 1.80 bits per heavy atom. The van der Waals surface area contributed by atoms with Gasteiger partial charge in [0.15, 0.2) is 0 Å². The molecule has 3 N–H and O–H groups in total. The van der Waals surface area contributed by atoms with E-state index in [1.165, 1.54) is 0 Å². The smallest absolute Gasteiger partial charge is 0.354 e. The minimum Gasteiger partial charge on any atom is -0.354 e. The van der Waals surface area contributed by atoms with E-state index in [1.54, 1.807) is 39.0 Å². The lowest BCUT2D eigenvalue weighted by molar-refractivity contribution is -0.121. The highest BCUT2D eigenvalue weighted by atomic mass is 31.2. The molecule has 1 aromatic carbocycles. The van der Waals surface area contributed by atoms with Crippen LogP contribution in [0.2, 0.25) is 0 Å². The summed E-state index contributed by atoms with van der Waals surface area (Å²) in [5.74, 6) is -2.08. The highest BCUT2D eigenvalue weighted by Crippen LogP contribution is 2.52. The fourth-order valence-corrected chi connectivity index (χ4v) is 3.87. The van der Waals surface area contributed by atoms with Gasteiger partial charge in [0.25, 0.3) is 5.91 Å². The van der Waals surface area contributed by atoms with Crippen molar-refractivity contribution in [2.24, 2.45) is 0 Å². The molecule has 0 aliphatic rings. The van der Waals surface area contributed by atoms with Crippen LogP contribution in [0.15, 0.2) is 24.3 Å². The third-order valence-corrected chi connectivity index (χ3v) is 5.31. The van der Waals surface area contributed by atoms with E-state index in [1.807, 2.05) is 13.0 Å². The van der Waals surface area contributed by atoms with E-state index in [9.17, 15) is 14.2 Å². The SMILES string of the molecule is CCNC(=O)[C@H](NC(=O)Nc1cccc(C)c1)P(=O)(OCC)OCC. The summed E-state index contributed by atoms with van der Waals surface area (Å²) in [7, 11) is -3.87. The summed E-state index contributed by atoms with van der Waals surface area (Å²) in [5.41, 5.74) is 1.52. The van der Waals surface area contributed by atoms with Crippen LogP contribution < -0.4 is 16.0 Å². The van der Waals surface area contributed by atoms with Gasteiger partial charge in [-0.25, -0.2) is 4.79 Å². The maximum Gasteiger partial charge on any atom is 0.362 e. The molecule has 0 spiro atoms. The average Bonchev–Trinajstić information content (AvgIpc) is 2.53. The molecule has 0 aliphatic heterocycles. The molecule has 8 nitrogen and oxygen atoms in total. The van der Waals surface area contributed by atoms with Gasteiger partial charge in [0.05, 0.1) is 13.2 Å². The molecule has 0 heterocycles. The molecule has 0 aliphatic carbocycles. The van der Waals surface area contributed by atoms with Crippen molar-refractivity contribution in [1.82, 2.24) is 10.6 Å². The van der Waals surface area contributed by atoms with E-state index in [4.69, 9.17) is 9.05 Å². The molecule has 25 heavy (non-hydrogen) atoms.